The van der Waals surface area contributed by atoms with Crippen LogP contribution in [0.1, 0.15) is 53.2 Å². The van der Waals surface area contributed by atoms with Crippen LogP contribution in [0, 0.1) is 0 Å². The number of aromatic carboxylic acids is 1. The highest BCUT2D eigenvalue weighted by atomic mass is 16.4. The van der Waals surface area contributed by atoms with Gasteiger partial charge in [0, 0.05) is 13.1 Å². The lowest BCUT2D eigenvalue weighted by Gasteiger charge is -2.30. The van der Waals surface area contributed by atoms with Crippen LogP contribution in [0.5, 0.6) is 0 Å². The van der Waals surface area contributed by atoms with E-state index in [0.717, 1.165) is 25.7 Å². The first-order chi connectivity index (χ1) is 8.59. The van der Waals surface area contributed by atoms with Crippen LogP contribution >= 0.6 is 0 Å². The molecule has 5 heteroatoms. The number of amides is 1. The van der Waals surface area contributed by atoms with Crippen molar-refractivity contribution in [2.24, 2.45) is 0 Å². The van der Waals surface area contributed by atoms with Gasteiger partial charge in [-0.1, -0.05) is 19.3 Å². The Labute approximate surface area is 105 Å². The van der Waals surface area contributed by atoms with Crippen LogP contribution in [0.15, 0.2) is 16.5 Å². The summed E-state index contributed by atoms with van der Waals surface area (Å²) in [6.07, 6.45) is 5.52. The Morgan fingerprint density at radius 1 is 1.22 bits per heavy atom. The molecule has 0 aromatic carbocycles. The molecule has 1 heterocycles. The lowest BCUT2D eigenvalue weighted by Crippen LogP contribution is -2.38. The summed E-state index contributed by atoms with van der Waals surface area (Å²) in [5.41, 5.74) is 0. The van der Waals surface area contributed by atoms with Gasteiger partial charge >= 0.3 is 5.97 Å². The van der Waals surface area contributed by atoms with Crippen LogP contribution < -0.4 is 0 Å². The first-order valence-corrected chi connectivity index (χ1v) is 6.20. The SMILES string of the molecule is CN(C(=O)c1ccc(C(=O)O)o1)C1CCCCC1. The van der Waals surface area contributed by atoms with E-state index in [0.29, 0.717) is 0 Å². The van der Waals surface area contributed by atoms with Gasteiger partial charge in [0.15, 0.2) is 5.76 Å². The van der Waals surface area contributed by atoms with E-state index in [9.17, 15) is 9.59 Å². The Balaban J connectivity index is 2.07. The van der Waals surface area contributed by atoms with E-state index in [1.807, 2.05) is 0 Å². The van der Waals surface area contributed by atoms with E-state index < -0.39 is 5.97 Å². The topological polar surface area (TPSA) is 70.8 Å². The Kier molecular flexibility index (Phi) is 3.69. The average molecular weight is 251 g/mol. The smallest absolute Gasteiger partial charge is 0.371 e. The Hall–Kier alpha value is -1.78. The number of carbonyl (C=O) groups excluding carboxylic acids is 1. The van der Waals surface area contributed by atoms with Gasteiger partial charge in [-0.15, -0.1) is 0 Å². The first-order valence-electron chi connectivity index (χ1n) is 6.20. The second kappa shape index (κ2) is 5.25. The number of hydrogen-bond acceptors (Lipinski definition) is 3. The van der Waals surface area contributed by atoms with Gasteiger partial charge in [-0.05, 0) is 25.0 Å². The second-order valence-corrected chi connectivity index (χ2v) is 4.68. The standard InChI is InChI=1S/C13H17NO4/c1-14(9-5-3-2-4-6-9)12(15)10-7-8-11(18-10)13(16)17/h7-9H,2-6H2,1H3,(H,16,17). The zero-order valence-corrected chi connectivity index (χ0v) is 10.4. The number of nitrogens with zero attached hydrogens (tertiary/aromatic N) is 1. The molecular formula is C13H17NO4. The minimum Gasteiger partial charge on any atom is -0.475 e. The first kappa shape index (κ1) is 12.7. The van der Waals surface area contributed by atoms with Gasteiger partial charge < -0.3 is 14.4 Å². The summed E-state index contributed by atoms with van der Waals surface area (Å²) >= 11 is 0. The average Bonchev–Trinajstić information content (AvgIpc) is 2.88. The fourth-order valence-corrected chi connectivity index (χ4v) is 2.38. The van der Waals surface area contributed by atoms with E-state index in [2.05, 4.69) is 0 Å². The molecule has 1 aromatic rings. The third-order valence-corrected chi connectivity index (χ3v) is 3.47. The molecule has 0 atom stereocenters. The number of hydrogen-bond donors (Lipinski definition) is 1. The third-order valence-electron chi connectivity index (χ3n) is 3.47. The molecule has 0 spiro atoms. The molecule has 0 bridgehead atoms. The number of carbonyl (C=O) groups is 2. The van der Waals surface area contributed by atoms with E-state index >= 15 is 0 Å². The highest BCUT2D eigenvalue weighted by Crippen LogP contribution is 2.23. The normalized spacial score (nSPS) is 16.5. The van der Waals surface area contributed by atoms with Crippen LogP contribution in [0.2, 0.25) is 0 Å². The van der Waals surface area contributed by atoms with Gasteiger partial charge in [0.25, 0.3) is 5.91 Å². The third kappa shape index (κ3) is 2.55. The van der Waals surface area contributed by atoms with E-state index in [1.54, 1.807) is 11.9 Å². The summed E-state index contributed by atoms with van der Waals surface area (Å²) in [6, 6.07) is 2.97. The van der Waals surface area contributed by atoms with Crippen molar-refractivity contribution >= 4 is 11.9 Å². The monoisotopic (exact) mass is 251 g/mol. The second-order valence-electron chi connectivity index (χ2n) is 4.68. The summed E-state index contributed by atoms with van der Waals surface area (Å²) in [5, 5.41) is 8.75. The van der Waals surface area contributed by atoms with Crippen molar-refractivity contribution in [1.29, 1.82) is 0 Å². The van der Waals surface area contributed by atoms with Crippen LogP contribution in [0.3, 0.4) is 0 Å². The van der Waals surface area contributed by atoms with Crippen molar-refractivity contribution in [3.8, 4) is 0 Å². The maximum Gasteiger partial charge on any atom is 0.371 e. The minimum atomic E-state index is -1.16. The van der Waals surface area contributed by atoms with Crippen molar-refractivity contribution < 1.29 is 19.1 Å². The highest BCUT2D eigenvalue weighted by molar-refractivity contribution is 5.93. The van der Waals surface area contributed by atoms with E-state index in [-0.39, 0.29) is 23.5 Å². The van der Waals surface area contributed by atoms with Gasteiger partial charge in [0.1, 0.15) is 0 Å². The lowest BCUT2D eigenvalue weighted by atomic mass is 9.94. The molecule has 1 fully saturated rings. The maximum absolute atomic E-state index is 12.1. The summed E-state index contributed by atoms with van der Waals surface area (Å²) in [5.74, 6) is -1.50. The van der Waals surface area contributed by atoms with Gasteiger partial charge in [-0.2, -0.15) is 0 Å². The number of carboxylic acids is 1. The van der Waals surface area contributed by atoms with Crippen molar-refractivity contribution in [2.45, 2.75) is 38.1 Å². The highest BCUT2D eigenvalue weighted by Gasteiger charge is 2.25. The van der Waals surface area contributed by atoms with Crippen molar-refractivity contribution in [2.75, 3.05) is 7.05 Å². The molecule has 5 nitrogen and oxygen atoms in total. The Morgan fingerprint density at radius 3 is 2.39 bits per heavy atom. The molecule has 0 saturated heterocycles. The zero-order valence-electron chi connectivity index (χ0n) is 10.4. The molecule has 1 N–H and O–H groups in total. The summed E-state index contributed by atoms with van der Waals surface area (Å²) in [6.45, 7) is 0. The molecule has 1 saturated carbocycles. The largest absolute Gasteiger partial charge is 0.475 e. The van der Waals surface area contributed by atoms with Gasteiger partial charge in [-0.3, -0.25) is 4.79 Å². The van der Waals surface area contributed by atoms with E-state index in [1.165, 1.54) is 18.6 Å². The van der Waals surface area contributed by atoms with Gasteiger partial charge in [0.2, 0.25) is 5.76 Å². The number of furan rings is 1. The van der Waals surface area contributed by atoms with Crippen molar-refractivity contribution in [1.82, 2.24) is 4.90 Å². The number of carboxylic acid groups (broad SMARTS) is 1. The molecule has 1 aliphatic carbocycles. The molecule has 0 radical (unpaired) electrons. The predicted molar refractivity (Wildman–Crippen MR) is 64.6 cm³/mol. The van der Waals surface area contributed by atoms with Crippen LogP contribution in [0.4, 0.5) is 0 Å². The zero-order chi connectivity index (χ0) is 13.1. The van der Waals surface area contributed by atoms with Gasteiger partial charge in [-0.25, -0.2) is 4.79 Å². The van der Waals surface area contributed by atoms with Crippen molar-refractivity contribution in [3.05, 3.63) is 23.7 Å². The van der Waals surface area contributed by atoms with E-state index in [4.69, 9.17) is 9.52 Å². The molecular weight excluding hydrogens is 234 g/mol. The lowest BCUT2D eigenvalue weighted by molar-refractivity contribution is 0.0632. The molecule has 1 aliphatic rings. The predicted octanol–water partition coefficient (Wildman–Crippen LogP) is 2.38. The summed E-state index contributed by atoms with van der Waals surface area (Å²) in [4.78, 5) is 24.5. The molecule has 1 aromatic heterocycles. The molecule has 0 aliphatic heterocycles. The number of rotatable bonds is 3. The fourth-order valence-electron chi connectivity index (χ4n) is 2.38. The fraction of sp³-hybridized carbons (Fsp3) is 0.538. The quantitative estimate of drug-likeness (QED) is 0.895. The molecule has 2 rings (SSSR count). The van der Waals surface area contributed by atoms with Crippen LogP contribution in [-0.2, 0) is 0 Å². The molecule has 1 amide bonds. The molecule has 18 heavy (non-hydrogen) atoms. The molecule has 98 valence electrons. The summed E-state index contributed by atoms with van der Waals surface area (Å²) in [7, 11) is 1.75. The summed E-state index contributed by atoms with van der Waals surface area (Å²) < 4.78 is 5.03. The minimum absolute atomic E-state index is 0.0977. The Morgan fingerprint density at radius 2 is 1.83 bits per heavy atom. The van der Waals surface area contributed by atoms with Crippen LogP contribution in [0.25, 0.3) is 0 Å². The van der Waals surface area contributed by atoms with Gasteiger partial charge in [0.05, 0.1) is 0 Å². The van der Waals surface area contributed by atoms with Crippen LogP contribution in [-0.4, -0.2) is 35.0 Å². The Bertz CT molecular complexity index is 446. The van der Waals surface area contributed by atoms with Crippen molar-refractivity contribution in [3.63, 3.8) is 0 Å². The molecule has 0 unspecified atom stereocenters. The maximum atomic E-state index is 12.1.